The van der Waals surface area contributed by atoms with Gasteiger partial charge in [-0.05, 0) is 16.7 Å². The van der Waals surface area contributed by atoms with E-state index in [0.717, 1.165) is 0 Å². The highest BCUT2D eigenvalue weighted by atomic mass is 32.2. The first-order chi connectivity index (χ1) is 6.65. The van der Waals surface area contributed by atoms with Crippen molar-refractivity contribution < 1.29 is 13.2 Å². The lowest BCUT2D eigenvalue weighted by Crippen LogP contribution is -2.07. The van der Waals surface area contributed by atoms with E-state index in [2.05, 4.69) is 10.0 Å². The van der Waals surface area contributed by atoms with Crippen molar-refractivity contribution in [3.05, 3.63) is 34.2 Å². The molecule has 0 aromatic rings. The number of azide groups is 1. The lowest BCUT2D eigenvalue weighted by atomic mass is 10.1. The molecular formula is C7H5N3O3S. The van der Waals surface area contributed by atoms with Crippen LogP contribution < -0.4 is 0 Å². The molecule has 0 fully saturated rings. The van der Waals surface area contributed by atoms with Gasteiger partial charge in [0.05, 0.1) is 4.86 Å². The van der Waals surface area contributed by atoms with Crippen LogP contribution in [0, 0.1) is 0 Å². The summed E-state index contributed by atoms with van der Waals surface area (Å²) in [5.41, 5.74) is 8.18. The van der Waals surface area contributed by atoms with Crippen LogP contribution in [-0.2, 0) is 15.1 Å². The van der Waals surface area contributed by atoms with Crippen LogP contribution in [0.1, 0.15) is 6.42 Å². The van der Waals surface area contributed by atoms with E-state index in [1.54, 1.807) is 0 Å². The number of amides is 1. The third-order valence-electron chi connectivity index (χ3n) is 1.57. The van der Waals surface area contributed by atoms with Gasteiger partial charge in [-0.25, -0.2) is 0 Å². The SMILES string of the molecule is [N-]=[N+]=NC(=O)C1=CC=CC(=S(=O)=O)C1. The fourth-order valence-corrected chi connectivity index (χ4v) is 1.41. The Labute approximate surface area is 80.7 Å². The minimum Gasteiger partial charge on any atom is -0.287 e. The monoisotopic (exact) mass is 211 g/mol. The van der Waals surface area contributed by atoms with E-state index in [4.69, 9.17) is 5.53 Å². The summed E-state index contributed by atoms with van der Waals surface area (Å²) in [6, 6.07) is 0. The smallest absolute Gasteiger partial charge is 0.245 e. The zero-order chi connectivity index (χ0) is 10.6. The van der Waals surface area contributed by atoms with Crippen LogP contribution in [0.4, 0.5) is 0 Å². The normalized spacial score (nSPS) is 14.3. The predicted octanol–water partition coefficient (Wildman–Crippen LogP) is 0.761. The minimum atomic E-state index is -2.34. The Morgan fingerprint density at radius 2 is 2.29 bits per heavy atom. The second-order valence-corrected chi connectivity index (χ2v) is 3.42. The maximum atomic E-state index is 11.0. The highest BCUT2D eigenvalue weighted by molar-refractivity contribution is 7.73. The number of nitrogens with zero attached hydrogens (tertiary/aromatic N) is 3. The highest BCUT2D eigenvalue weighted by Gasteiger charge is 2.12. The molecule has 6 nitrogen and oxygen atoms in total. The molecule has 0 bridgehead atoms. The van der Waals surface area contributed by atoms with Crippen molar-refractivity contribution >= 4 is 21.1 Å². The molecule has 1 rings (SSSR count). The Morgan fingerprint density at radius 1 is 1.57 bits per heavy atom. The molecular weight excluding hydrogens is 206 g/mol. The first-order valence-electron chi connectivity index (χ1n) is 3.57. The number of hydrogen-bond acceptors (Lipinski definition) is 3. The molecule has 0 N–H and O–H groups in total. The number of rotatable bonds is 1. The van der Waals surface area contributed by atoms with Crippen molar-refractivity contribution in [2.24, 2.45) is 5.11 Å². The second kappa shape index (κ2) is 4.40. The van der Waals surface area contributed by atoms with Gasteiger partial charge in [-0.15, -0.1) is 0 Å². The van der Waals surface area contributed by atoms with Crippen LogP contribution in [-0.4, -0.2) is 19.2 Å². The van der Waals surface area contributed by atoms with Crippen LogP contribution in [0.25, 0.3) is 10.4 Å². The van der Waals surface area contributed by atoms with Crippen molar-refractivity contribution in [3.63, 3.8) is 0 Å². The average molecular weight is 211 g/mol. The lowest BCUT2D eigenvalue weighted by molar-refractivity contribution is -0.114. The first-order valence-corrected chi connectivity index (χ1v) is 4.64. The van der Waals surface area contributed by atoms with E-state index in [-0.39, 0.29) is 16.9 Å². The molecule has 0 spiro atoms. The summed E-state index contributed by atoms with van der Waals surface area (Å²) in [5.74, 6) is -0.750. The Morgan fingerprint density at radius 3 is 2.86 bits per heavy atom. The van der Waals surface area contributed by atoms with Crippen LogP contribution >= 0.6 is 0 Å². The van der Waals surface area contributed by atoms with Crippen LogP contribution in [0.3, 0.4) is 0 Å². The van der Waals surface area contributed by atoms with Crippen LogP contribution in [0.5, 0.6) is 0 Å². The first kappa shape index (κ1) is 10.2. The van der Waals surface area contributed by atoms with Gasteiger partial charge in [0.1, 0.15) is 0 Å². The van der Waals surface area contributed by atoms with E-state index in [9.17, 15) is 13.2 Å². The molecule has 0 saturated heterocycles. The van der Waals surface area contributed by atoms with Gasteiger partial charge in [-0.3, -0.25) is 4.79 Å². The van der Waals surface area contributed by atoms with Crippen molar-refractivity contribution in [3.8, 4) is 0 Å². The molecule has 0 saturated carbocycles. The van der Waals surface area contributed by atoms with E-state index >= 15 is 0 Å². The molecule has 0 heterocycles. The van der Waals surface area contributed by atoms with E-state index < -0.39 is 16.2 Å². The third kappa shape index (κ3) is 2.32. The lowest BCUT2D eigenvalue weighted by Gasteiger charge is -2.03. The summed E-state index contributed by atoms with van der Waals surface area (Å²) in [6.45, 7) is 0. The molecule has 1 aliphatic rings. The Kier molecular flexibility index (Phi) is 3.22. The zero-order valence-corrected chi connectivity index (χ0v) is 7.73. The van der Waals surface area contributed by atoms with Crippen molar-refractivity contribution in [2.75, 3.05) is 0 Å². The van der Waals surface area contributed by atoms with Crippen molar-refractivity contribution in [2.45, 2.75) is 6.42 Å². The summed E-state index contributed by atoms with van der Waals surface area (Å²) in [7, 11) is -2.34. The van der Waals surface area contributed by atoms with Gasteiger partial charge in [-0.1, -0.05) is 12.2 Å². The molecule has 7 heteroatoms. The third-order valence-corrected chi connectivity index (χ3v) is 2.28. The van der Waals surface area contributed by atoms with Crippen LogP contribution in [0.2, 0.25) is 0 Å². The number of hydrogen-bond donors (Lipinski definition) is 0. The van der Waals surface area contributed by atoms with Gasteiger partial charge in [0.2, 0.25) is 16.2 Å². The molecule has 0 aromatic carbocycles. The van der Waals surface area contributed by atoms with Gasteiger partial charge in [0, 0.05) is 16.9 Å². The van der Waals surface area contributed by atoms with Gasteiger partial charge >= 0.3 is 0 Å². The van der Waals surface area contributed by atoms with Crippen molar-refractivity contribution in [1.82, 2.24) is 0 Å². The highest BCUT2D eigenvalue weighted by Crippen LogP contribution is 2.11. The largest absolute Gasteiger partial charge is 0.287 e. The molecule has 0 atom stereocenters. The summed E-state index contributed by atoms with van der Waals surface area (Å²) in [4.78, 5) is 13.5. The maximum Gasteiger partial charge on any atom is 0.245 e. The molecule has 1 amide bonds. The van der Waals surface area contributed by atoms with E-state index in [1.165, 1.54) is 18.2 Å². The molecule has 1 aliphatic carbocycles. The summed E-state index contributed by atoms with van der Waals surface area (Å²) >= 11 is 0. The summed E-state index contributed by atoms with van der Waals surface area (Å²) < 4.78 is 21.1. The standard InChI is InChI=1S/C7H5N3O3S/c8-10-9-7(11)5-2-1-3-6(4-5)14(12)13/h1-3H,4H2. The Hall–Kier alpha value is -1.85. The quantitative estimate of drug-likeness (QED) is 0.277. The molecule has 0 radical (unpaired) electrons. The van der Waals surface area contributed by atoms with E-state index in [0.29, 0.717) is 0 Å². The molecule has 72 valence electrons. The molecule has 0 aromatic heterocycles. The fraction of sp³-hybridized carbons (Fsp3) is 0.143. The molecule has 14 heavy (non-hydrogen) atoms. The van der Waals surface area contributed by atoms with E-state index in [1.807, 2.05) is 0 Å². The number of carbonyl (C=O) groups excluding carboxylic acids is 1. The summed E-state index contributed by atoms with van der Waals surface area (Å²) in [5, 5.41) is 2.87. The maximum absolute atomic E-state index is 11.0. The summed E-state index contributed by atoms with van der Waals surface area (Å²) in [6.07, 6.45) is 4.21. The minimum absolute atomic E-state index is 0.0233. The van der Waals surface area contributed by atoms with Crippen LogP contribution in [0.15, 0.2) is 28.9 Å². The molecule has 0 unspecified atom stereocenters. The fourth-order valence-electron chi connectivity index (χ4n) is 0.943. The average Bonchev–Trinajstić information content (AvgIpc) is 2.18. The zero-order valence-electron chi connectivity index (χ0n) is 6.91. The molecule has 0 aliphatic heterocycles. The number of carbonyl (C=O) groups is 1. The van der Waals surface area contributed by atoms with Crippen molar-refractivity contribution in [1.29, 1.82) is 0 Å². The van der Waals surface area contributed by atoms with Gasteiger partial charge in [0.25, 0.3) is 0 Å². The van der Waals surface area contributed by atoms with Gasteiger partial charge in [-0.2, -0.15) is 8.42 Å². The van der Waals surface area contributed by atoms with Gasteiger partial charge < -0.3 is 0 Å². The second-order valence-electron chi connectivity index (χ2n) is 2.42. The Bertz CT molecular complexity index is 498. The topological polar surface area (TPSA) is 100.0 Å². The van der Waals surface area contributed by atoms with Gasteiger partial charge in [0.15, 0.2) is 0 Å². The number of allylic oxidation sites excluding steroid dienone is 3. The Balaban J connectivity index is 3.02. The predicted molar refractivity (Wildman–Crippen MR) is 49.9 cm³/mol.